The van der Waals surface area contributed by atoms with Crippen LogP contribution in [-0.2, 0) is 0 Å². The third-order valence-corrected chi connectivity index (χ3v) is 14.7. The molecule has 310 valence electrons. The summed E-state index contributed by atoms with van der Waals surface area (Å²) in [6.45, 7) is 0. The molecule has 6 aromatic carbocycles. The van der Waals surface area contributed by atoms with E-state index in [2.05, 4.69) is 174 Å². The van der Waals surface area contributed by atoms with E-state index in [1.807, 2.05) is 24.8 Å². The topological polar surface area (TPSA) is 51.6 Å². The molecule has 3 heterocycles. The van der Waals surface area contributed by atoms with Crippen LogP contribution < -0.4 is 0 Å². The van der Waals surface area contributed by atoms with Crippen LogP contribution in [0.15, 0.2) is 189 Å². The molecule has 4 nitrogen and oxygen atoms in total. The summed E-state index contributed by atoms with van der Waals surface area (Å²) in [5.41, 5.74) is 23.5. The van der Waals surface area contributed by atoms with Gasteiger partial charge in [0.15, 0.2) is 0 Å². The minimum absolute atomic E-state index is 0.00183. The van der Waals surface area contributed by atoms with E-state index in [0.29, 0.717) is 0 Å². The molecule has 3 aromatic heterocycles. The maximum absolute atomic E-state index is 5.70. The van der Waals surface area contributed by atoms with Gasteiger partial charge >= 0.3 is 0 Å². The van der Waals surface area contributed by atoms with Gasteiger partial charge in [-0.3, -0.25) is 9.97 Å². The first-order valence-corrected chi connectivity index (χ1v) is 23.3. The zero-order valence-corrected chi connectivity index (χ0v) is 36.3. The fourth-order valence-electron chi connectivity index (χ4n) is 11.6. The van der Waals surface area contributed by atoms with E-state index in [-0.39, 0.29) is 5.92 Å². The highest BCUT2D eigenvalue weighted by atomic mass is 14.9. The third-order valence-electron chi connectivity index (χ3n) is 14.7. The molecule has 0 bridgehead atoms. The van der Waals surface area contributed by atoms with Crippen LogP contribution in [0, 0.1) is 0 Å². The molecule has 66 heavy (non-hydrogen) atoms. The van der Waals surface area contributed by atoms with Gasteiger partial charge < -0.3 is 0 Å². The lowest BCUT2D eigenvalue weighted by Gasteiger charge is -2.20. The van der Waals surface area contributed by atoms with E-state index < -0.39 is 0 Å². The van der Waals surface area contributed by atoms with Crippen LogP contribution in [0.5, 0.6) is 0 Å². The van der Waals surface area contributed by atoms with Crippen molar-refractivity contribution in [2.24, 2.45) is 0 Å². The lowest BCUT2D eigenvalue weighted by atomic mass is 9.87. The van der Waals surface area contributed by atoms with Gasteiger partial charge in [0.2, 0.25) is 0 Å². The molecule has 1 atom stereocenters. The summed E-state index contributed by atoms with van der Waals surface area (Å²) in [7, 11) is 0. The SMILES string of the molecule is C1=CC2=C(CC1)c1ccc(-c3cc(-c4ccc5c6c(cccc46)C4=C5CCC=C4)c4nc(C5C=CC(c6ccncc6)=CC5)nc(-c5ccc(-c6ccncc6)cc5)c4c3)c3cccc2c13. The number of pyridine rings is 2. The molecule has 0 amide bonds. The standard InChI is InChI=1S/C62H42N4/c1-3-9-47-45(7-1)51-12-5-11-50-44(23-25-54(47)58(50)51)43-35-56(49-24-26-55-48-10-4-2-8-46(48)52-13-6-14-53(49)59(52)55)61-57(36-43)60(41-19-15-37(16-20-41)39-27-31-63-32-28-39)65-62(66-61)42-21-17-38(18-22-42)40-29-33-64-34-30-40/h1-2,5-8,11-21,23-36,42H,3-4,9-10,22H2. The number of rotatable bonds is 6. The molecule has 0 spiro atoms. The van der Waals surface area contributed by atoms with Crippen LogP contribution in [0.1, 0.15) is 71.7 Å². The Kier molecular flexibility index (Phi) is 8.33. The zero-order chi connectivity index (χ0) is 43.3. The van der Waals surface area contributed by atoms with Crippen molar-refractivity contribution in [1.82, 2.24) is 19.9 Å². The maximum atomic E-state index is 5.70. The maximum Gasteiger partial charge on any atom is 0.136 e. The Bertz CT molecular complexity index is 3750. The first-order valence-electron chi connectivity index (χ1n) is 23.3. The van der Waals surface area contributed by atoms with Gasteiger partial charge in [-0.05, 0) is 174 Å². The fraction of sp³-hybridized carbons (Fsp3) is 0.0968. The highest BCUT2D eigenvalue weighted by Gasteiger charge is 2.29. The van der Waals surface area contributed by atoms with E-state index >= 15 is 0 Å². The summed E-state index contributed by atoms with van der Waals surface area (Å²) in [5.74, 6) is 0.830. The summed E-state index contributed by atoms with van der Waals surface area (Å²) < 4.78 is 0. The number of aromatic nitrogens is 4. The van der Waals surface area contributed by atoms with Gasteiger partial charge in [-0.1, -0.05) is 127 Å². The fourth-order valence-corrected chi connectivity index (χ4v) is 11.6. The molecule has 0 saturated heterocycles. The van der Waals surface area contributed by atoms with Gasteiger partial charge in [0, 0.05) is 47.2 Å². The summed E-state index contributed by atoms with van der Waals surface area (Å²) in [4.78, 5) is 19.9. The first-order chi connectivity index (χ1) is 32.7. The average Bonchev–Trinajstić information content (AvgIpc) is 3.90. The number of hydrogen-bond donors (Lipinski definition) is 0. The molecule has 0 fully saturated rings. The van der Waals surface area contributed by atoms with E-state index in [0.717, 1.165) is 82.3 Å². The number of allylic oxidation sites excluding steroid dienone is 12. The van der Waals surface area contributed by atoms with E-state index in [1.165, 1.54) is 88.4 Å². The molecule has 0 radical (unpaired) electrons. The Morgan fingerprint density at radius 2 is 1.03 bits per heavy atom. The molecule has 0 N–H and O–H groups in total. The van der Waals surface area contributed by atoms with Gasteiger partial charge in [0.1, 0.15) is 5.82 Å². The number of hydrogen-bond acceptors (Lipinski definition) is 4. The summed E-state index contributed by atoms with van der Waals surface area (Å²) in [5, 5.41) is 6.31. The monoisotopic (exact) mass is 842 g/mol. The molecular formula is C62H42N4. The van der Waals surface area contributed by atoms with Crippen molar-refractivity contribution >= 4 is 60.3 Å². The summed E-state index contributed by atoms with van der Waals surface area (Å²) in [6, 6.07) is 45.3. The number of nitrogens with zero attached hydrogens (tertiary/aromatic N) is 4. The van der Waals surface area contributed by atoms with Crippen molar-refractivity contribution in [3.05, 3.63) is 222 Å². The average molecular weight is 843 g/mol. The van der Waals surface area contributed by atoms with Crippen LogP contribution in [0.2, 0.25) is 0 Å². The Balaban J connectivity index is 1.03. The second-order valence-electron chi connectivity index (χ2n) is 18.2. The van der Waals surface area contributed by atoms with Crippen LogP contribution in [-0.4, -0.2) is 19.9 Å². The first kappa shape index (κ1) is 37.3. The predicted molar refractivity (Wildman–Crippen MR) is 273 cm³/mol. The van der Waals surface area contributed by atoms with Crippen molar-refractivity contribution in [2.75, 3.05) is 0 Å². The molecule has 1 unspecified atom stereocenters. The molecule has 4 heteroatoms. The van der Waals surface area contributed by atoms with Gasteiger partial charge in [0.05, 0.1) is 11.2 Å². The lowest BCUT2D eigenvalue weighted by Crippen LogP contribution is -2.07. The Hall–Kier alpha value is -8.08. The van der Waals surface area contributed by atoms with Crippen molar-refractivity contribution in [3.63, 3.8) is 0 Å². The number of fused-ring (bicyclic) bond motifs is 5. The van der Waals surface area contributed by atoms with E-state index in [1.54, 1.807) is 0 Å². The van der Waals surface area contributed by atoms with Crippen molar-refractivity contribution in [2.45, 2.75) is 38.0 Å². The normalized spacial score (nSPS) is 16.7. The van der Waals surface area contributed by atoms with Crippen molar-refractivity contribution < 1.29 is 0 Å². The Morgan fingerprint density at radius 3 is 1.68 bits per heavy atom. The lowest BCUT2D eigenvalue weighted by molar-refractivity contribution is 0.783. The van der Waals surface area contributed by atoms with Crippen LogP contribution in [0.25, 0.3) is 105 Å². The molecule has 14 rings (SSSR count). The molecule has 5 aliphatic rings. The smallest absolute Gasteiger partial charge is 0.136 e. The van der Waals surface area contributed by atoms with Crippen molar-refractivity contribution in [1.29, 1.82) is 0 Å². The van der Waals surface area contributed by atoms with Crippen molar-refractivity contribution in [3.8, 4) is 44.6 Å². The van der Waals surface area contributed by atoms with Crippen LogP contribution in [0.4, 0.5) is 0 Å². The second-order valence-corrected chi connectivity index (χ2v) is 18.2. The van der Waals surface area contributed by atoms with Gasteiger partial charge in [0.25, 0.3) is 0 Å². The molecular weight excluding hydrogens is 801 g/mol. The quantitative estimate of drug-likeness (QED) is 0.167. The Morgan fingerprint density at radius 1 is 0.439 bits per heavy atom. The third kappa shape index (κ3) is 5.71. The van der Waals surface area contributed by atoms with Gasteiger partial charge in [-0.2, -0.15) is 0 Å². The summed E-state index contributed by atoms with van der Waals surface area (Å²) in [6.07, 6.45) is 28.7. The van der Waals surface area contributed by atoms with Crippen LogP contribution in [0.3, 0.4) is 0 Å². The molecule has 0 saturated carbocycles. The molecule has 0 aliphatic heterocycles. The van der Waals surface area contributed by atoms with Gasteiger partial charge in [-0.15, -0.1) is 0 Å². The Labute approximate surface area is 383 Å². The largest absolute Gasteiger partial charge is 0.265 e. The molecule has 9 aromatic rings. The molecule has 5 aliphatic carbocycles. The van der Waals surface area contributed by atoms with E-state index in [9.17, 15) is 0 Å². The highest BCUT2D eigenvalue weighted by molar-refractivity contribution is 6.22. The van der Waals surface area contributed by atoms with Gasteiger partial charge in [-0.25, -0.2) is 9.97 Å². The second kappa shape index (κ2) is 14.7. The minimum Gasteiger partial charge on any atom is -0.265 e. The predicted octanol–water partition coefficient (Wildman–Crippen LogP) is 15.7. The van der Waals surface area contributed by atoms with Crippen LogP contribution >= 0.6 is 0 Å². The van der Waals surface area contributed by atoms with E-state index in [4.69, 9.17) is 9.97 Å². The highest BCUT2D eigenvalue weighted by Crippen LogP contribution is 2.52. The summed E-state index contributed by atoms with van der Waals surface area (Å²) >= 11 is 0. The minimum atomic E-state index is 0.00183. The number of benzene rings is 6. The zero-order valence-electron chi connectivity index (χ0n) is 36.3.